The first-order valence-electron chi connectivity index (χ1n) is 8.07. The molecule has 1 N–H and O–H groups in total. The molecular weight excluding hydrogens is 396 g/mol. The van der Waals surface area contributed by atoms with Crippen LogP contribution in [0.2, 0.25) is 5.02 Å². The molecular formula is C17H13ClN2O6S. The van der Waals surface area contributed by atoms with E-state index in [-0.39, 0.29) is 29.7 Å². The number of carbonyl (C=O) groups is 2. The molecule has 0 radical (unpaired) electrons. The highest BCUT2D eigenvalue weighted by Crippen LogP contribution is 2.52. The summed E-state index contributed by atoms with van der Waals surface area (Å²) in [7, 11) is 0. The predicted molar refractivity (Wildman–Crippen MR) is 97.7 cm³/mol. The normalized spacial score (nSPS) is 22.0. The molecule has 8 nitrogen and oxygen atoms in total. The third kappa shape index (κ3) is 2.82. The Bertz CT molecular complexity index is 957. The molecule has 4 rings (SSSR count). The van der Waals surface area contributed by atoms with Crippen LogP contribution in [0.4, 0.5) is 10.5 Å². The van der Waals surface area contributed by atoms with Crippen molar-refractivity contribution in [2.45, 2.75) is 12.3 Å². The molecule has 0 fully saturated rings. The quantitative estimate of drug-likeness (QED) is 0.588. The minimum atomic E-state index is -1.17. The summed E-state index contributed by atoms with van der Waals surface area (Å²) < 4.78 is 5.27. The number of ketones is 1. The lowest BCUT2D eigenvalue weighted by atomic mass is 9.82. The number of nitro groups is 1. The van der Waals surface area contributed by atoms with Gasteiger partial charge in [0.25, 0.3) is 5.69 Å². The highest BCUT2D eigenvalue weighted by atomic mass is 35.5. The van der Waals surface area contributed by atoms with Gasteiger partial charge in [-0.15, -0.1) is 11.8 Å². The minimum absolute atomic E-state index is 0.000995. The molecule has 1 aromatic carbocycles. The van der Waals surface area contributed by atoms with E-state index in [0.29, 0.717) is 34.7 Å². The van der Waals surface area contributed by atoms with E-state index in [2.05, 4.69) is 0 Å². The Labute approximate surface area is 162 Å². The van der Waals surface area contributed by atoms with E-state index in [1.165, 1.54) is 23.9 Å². The van der Waals surface area contributed by atoms with Crippen LogP contribution in [-0.2, 0) is 9.53 Å². The van der Waals surface area contributed by atoms with Gasteiger partial charge in [-0.2, -0.15) is 0 Å². The lowest BCUT2D eigenvalue weighted by Crippen LogP contribution is -2.40. The van der Waals surface area contributed by atoms with Gasteiger partial charge in [0.2, 0.25) is 0 Å². The van der Waals surface area contributed by atoms with Gasteiger partial charge >= 0.3 is 6.09 Å². The number of nitrogens with zero attached hydrogens (tertiary/aromatic N) is 2. The summed E-state index contributed by atoms with van der Waals surface area (Å²) in [5.41, 5.74) is 1.52. The van der Waals surface area contributed by atoms with Crippen molar-refractivity contribution >= 4 is 40.9 Å². The van der Waals surface area contributed by atoms with Gasteiger partial charge in [0, 0.05) is 33.9 Å². The van der Waals surface area contributed by atoms with Crippen LogP contribution in [0.1, 0.15) is 17.9 Å². The Morgan fingerprint density at radius 2 is 2.15 bits per heavy atom. The number of carbonyl (C=O) groups excluding carboxylic acids is 1. The molecule has 0 bridgehead atoms. The Kier molecular flexibility index (Phi) is 4.45. The SMILES string of the molecule is O=C1COCC2=C1C(c1ccc(Cl)c([N+](=O)[O-])c1)C1=C(CCS1)N2C(=O)O. The fourth-order valence-corrected chi connectivity index (χ4v) is 5.18. The number of rotatable bonds is 2. The molecule has 0 aromatic heterocycles. The van der Waals surface area contributed by atoms with Crippen molar-refractivity contribution in [2.24, 2.45) is 0 Å². The van der Waals surface area contributed by atoms with Gasteiger partial charge in [-0.3, -0.25) is 19.8 Å². The molecule has 1 atom stereocenters. The van der Waals surface area contributed by atoms with Crippen molar-refractivity contribution in [3.63, 3.8) is 0 Å². The van der Waals surface area contributed by atoms with Crippen LogP contribution in [-0.4, -0.2) is 45.8 Å². The third-order valence-electron chi connectivity index (χ3n) is 4.75. The van der Waals surface area contributed by atoms with Crippen molar-refractivity contribution < 1.29 is 24.4 Å². The zero-order valence-electron chi connectivity index (χ0n) is 13.8. The second kappa shape index (κ2) is 6.66. The molecule has 1 amide bonds. The first-order valence-corrected chi connectivity index (χ1v) is 9.43. The van der Waals surface area contributed by atoms with E-state index in [0.717, 1.165) is 9.81 Å². The van der Waals surface area contributed by atoms with E-state index >= 15 is 0 Å². The van der Waals surface area contributed by atoms with Crippen molar-refractivity contribution in [3.05, 3.63) is 60.8 Å². The molecule has 0 saturated carbocycles. The standard InChI is InChI=1S/C17H13ClN2O6S/c18-9-2-1-8(5-11(9)20(24)25)14-15-12(6-26-7-13(15)21)19(17(22)23)10-3-4-27-16(10)14/h1-2,5,14H,3-4,6-7H2,(H,22,23). The zero-order chi connectivity index (χ0) is 19.3. The summed E-state index contributed by atoms with van der Waals surface area (Å²) in [6, 6.07) is 4.44. The van der Waals surface area contributed by atoms with Gasteiger partial charge in [0.1, 0.15) is 11.6 Å². The summed E-state index contributed by atoms with van der Waals surface area (Å²) >= 11 is 7.40. The highest BCUT2D eigenvalue weighted by molar-refractivity contribution is 8.03. The predicted octanol–water partition coefficient (Wildman–Crippen LogP) is 3.53. The number of allylic oxidation sites excluding steroid dienone is 2. The Morgan fingerprint density at radius 1 is 1.37 bits per heavy atom. The molecule has 140 valence electrons. The molecule has 3 aliphatic rings. The van der Waals surface area contributed by atoms with E-state index in [9.17, 15) is 24.8 Å². The fraction of sp³-hybridized carbons (Fsp3) is 0.294. The van der Waals surface area contributed by atoms with Crippen LogP contribution in [0.3, 0.4) is 0 Å². The van der Waals surface area contributed by atoms with Gasteiger partial charge in [0.15, 0.2) is 5.78 Å². The number of hydrogen-bond donors (Lipinski definition) is 1. The van der Waals surface area contributed by atoms with Crippen LogP contribution < -0.4 is 0 Å². The maximum Gasteiger partial charge on any atom is 0.416 e. The van der Waals surface area contributed by atoms with Gasteiger partial charge in [-0.05, 0) is 18.1 Å². The summed E-state index contributed by atoms with van der Waals surface area (Å²) in [5.74, 6) is -0.189. The lowest BCUT2D eigenvalue weighted by Gasteiger charge is -2.37. The topological polar surface area (TPSA) is 110 Å². The fourth-order valence-electron chi connectivity index (χ4n) is 3.70. The number of hydrogen-bond acceptors (Lipinski definition) is 6. The molecule has 1 unspecified atom stereocenters. The molecule has 3 heterocycles. The average Bonchev–Trinajstić information content (AvgIpc) is 3.09. The second-order valence-electron chi connectivity index (χ2n) is 6.20. The number of halogens is 1. The van der Waals surface area contributed by atoms with Crippen molar-refractivity contribution in [2.75, 3.05) is 19.0 Å². The maximum atomic E-state index is 12.7. The van der Waals surface area contributed by atoms with Crippen LogP contribution in [0.15, 0.2) is 40.1 Å². The van der Waals surface area contributed by atoms with Crippen molar-refractivity contribution in [3.8, 4) is 0 Å². The zero-order valence-corrected chi connectivity index (χ0v) is 15.4. The molecule has 3 aliphatic heterocycles. The number of Topliss-reactive ketones (excluding diaryl/α,β-unsaturated/α-hetero) is 1. The van der Waals surface area contributed by atoms with E-state index in [1.807, 2.05) is 0 Å². The first kappa shape index (κ1) is 18.0. The summed E-state index contributed by atoms with van der Waals surface area (Å²) in [5, 5.41) is 21.0. The van der Waals surface area contributed by atoms with Crippen molar-refractivity contribution in [1.82, 2.24) is 4.90 Å². The largest absolute Gasteiger partial charge is 0.464 e. The first-order chi connectivity index (χ1) is 12.9. The number of nitro benzene ring substituents is 1. The van der Waals surface area contributed by atoms with E-state index in [1.54, 1.807) is 6.07 Å². The monoisotopic (exact) mass is 408 g/mol. The summed E-state index contributed by atoms with van der Waals surface area (Å²) in [6.45, 7) is -0.146. The average molecular weight is 409 g/mol. The Balaban J connectivity index is 1.94. The van der Waals surface area contributed by atoms with Gasteiger partial charge in [0.05, 0.1) is 17.2 Å². The molecule has 0 saturated heterocycles. The van der Waals surface area contributed by atoms with Crippen LogP contribution in [0, 0.1) is 10.1 Å². The number of ether oxygens (including phenoxy) is 1. The molecule has 0 aliphatic carbocycles. The molecule has 0 spiro atoms. The highest BCUT2D eigenvalue weighted by Gasteiger charge is 2.44. The van der Waals surface area contributed by atoms with E-state index < -0.39 is 16.9 Å². The lowest BCUT2D eigenvalue weighted by molar-refractivity contribution is -0.384. The molecule has 10 heteroatoms. The van der Waals surface area contributed by atoms with Gasteiger partial charge in [-0.1, -0.05) is 17.7 Å². The number of carboxylic acid groups (broad SMARTS) is 1. The van der Waals surface area contributed by atoms with E-state index in [4.69, 9.17) is 16.3 Å². The van der Waals surface area contributed by atoms with Gasteiger partial charge < -0.3 is 9.84 Å². The molecule has 1 aromatic rings. The Hall–Kier alpha value is -2.36. The third-order valence-corrected chi connectivity index (χ3v) is 6.26. The van der Waals surface area contributed by atoms with Crippen LogP contribution >= 0.6 is 23.4 Å². The minimum Gasteiger partial charge on any atom is -0.464 e. The van der Waals surface area contributed by atoms with Gasteiger partial charge in [-0.25, -0.2) is 4.79 Å². The number of thioether (sulfide) groups is 1. The van der Waals surface area contributed by atoms with Crippen molar-refractivity contribution in [1.29, 1.82) is 0 Å². The number of benzene rings is 1. The second-order valence-corrected chi connectivity index (χ2v) is 7.75. The Morgan fingerprint density at radius 3 is 2.85 bits per heavy atom. The number of amides is 1. The van der Waals surface area contributed by atoms with Crippen LogP contribution in [0.5, 0.6) is 0 Å². The molecule has 27 heavy (non-hydrogen) atoms. The smallest absolute Gasteiger partial charge is 0.416 e. The summed E-state index contributed by atoms with van der Waals surface area (Å²) in [6.07, 6.45) is -0.639. The summed E-state index contributed by atoms with van der Waals surface area (Å²) in [4.78, 5) is 37.1. The van der Waals surface area contributed by atoms with Crippen LogP contribution in [0.25, 0.3) is 0 Å². The maximum absolute atomic E-state index is 12.7.